The van der Waals surface area contributed by atoms with E-state index in [4.69, 9.17) is 4.74 Å². The summed E-state index contributed by atoms with van der Waals surface area (Å²) in [5.74, 6) is -0.508. The van der Waals surface area contributed by atoms with Gasteiger partial charge in [0.2, 0.25) is 5.91 Å². The highest BCUT2D eigenvalue weighted by atomic mass is 19.4. The first-order chi connectivity index (χ1) is 13.7. The lowest BCUT2D eigenvalue weighted by atomic mass is 10.2. The van der Waals surface area contributed by atoms with Gasteiger partial charge in [0, 0.05) is 24.7 Å². The summed E-state index contributed by atoms with van der Waals surface area (Å²) in [4.78, 5) is 23.0. The van der Waals surface area contributed by atoms with Crippen LogP contribution in [0.3, 0.4) is 0 Å². The van der Waals surface area contributed by atoms with Crippen molar-refractivity contribution in [3.63, 3.8) is 0 Å². The van der Waals surface area contributed by atoms with E-state index in [9.17, 15) is 27.2 Å². The lowest BCUT2D eigenvalue weighted by molar-refractivity contribution is -0.160. The molecular weight excluding hydrogens is 396 g/mol. The second kappa shape index (κ2) is 10.3. The first-order valence-electron chi connectivity index (χ1n) is 8.46. The number of nitrogens with one attached hydrogen (secondary N) is 2. The van der Waals surface area contributed by atoms with Crippen molar-refractivity contribution >= 4 is 17.7 Å². The van der Waals surface area contributed by atoms with Crippen molar-refractivity contribution in [2.75, 3.05) is 18.5 Å². The van der Waals surface area contributed by atoms with Crippen LogP contribution < -0.4 is 15.4 Å². The molecule has 6 nitrogen and oxygen atoms in total. The van der Waals surface area contributed by atoms with E-state index in [1.165, 1.54) is 18.2 Å². The molecule has 0 aliphatic rings. The van der Waals surface area contributed by atoms with Gasteiger partial charge >= 0.3 is 12.3 Å². The van der Waals surface area contributed by atoms with Crippen LogP contribution in [-0.2, 0) is 16.1 Å². The Kier molecular flexibility index (Phi) is 7.81. The van der Waals surface area contributed by atoms with Crippen molar-refractivity contribution in [3.8, 4) is 5.75 Å². The molecule has 0 aliphatic heterocycles. The molecule has 0 aromatic heterocycles. The topological polar surface area (TPSA) is 76.7 Å². The summed E-state index contributed by atoms with van der Waals surface area (Å²) in [6.45, 7) is -1.74. The van der Waals surface area contributed by atoms with Gasteiger partial charge in [-0.2, -0.15) is 13.2 Å². The Morgan fingerprint density at radius 1 is 1.03 bits per heavy atom. The van der Waals surface area contributed by atoms with Gasteiger partial charge in [-0.1, -0.05) is 18.2 Å². The highest BCUT2D eigenvalue weighted by Crippen LogP contribution is 2.17. The van der Waals surface area contributed by atoms with Gasteiger partial charge in [-0.3, -0.25) is 4.79 Å². The summed E-state index contributed by atoms with van der Waals surface area (Å²) in [5, 5.41) is 4.65. The zero-order valence-corrected chi connectivity index (χ0v) is 15.1. The first kappa shape index (κ1) is 22.0. The molecular formula is C19H18F4N2O4. The Hall–Kier alpha value is -3.30. The lowest BCUT2D eigenvalue weighted by Gasteiger charge is -2.10. The maximum atomic E-state index is 13.1. The Morgan fingerprint density at radius 2 is 1.79 bits per heavy atom. The number of carbonyl (C=O) groups excluding carboxylic acids is 2. The second-order valence-corrected chi connectivity index (χ2v) is 5.86. The van der Waals surface area contributed by atoms with Gasteiger partial charge < -0.3 is 20.1 Å². The van der Waals surface area contributed by atoms with E-state index in [0.29, 0.717) is 11.4 Å². The van der Waals surface area contributed by atoms with E-state index in [1.54, 1.807) is 30.3 Å². The minimum Gasteiger partial charge on any atom is -0.489 e. The van der Waals surface area contributed by atoms with E-state index in [0.717, 1.165) is 5.56 Å². The minimum absolute atomic E-state index is 0.153. The van der Waals surface area contributed by atoms with E-state index in [1.807, 2.05) is 0 Å². The average Bonchev–Trinajstić information content (AvgIpc) is 2.64. The number of hydrogen-bond acceptors (Lipinski definition) is 4. The molecule has 2 rings (SSSR count). The van der Waals surface area contributed by atoms with Crippen molar-refractivity contribution in [3.05, 3.63) is 59.9 Å². The molecule has 0 aliphatic carbocycles. The SMILES string of the molecule is O=C(CCNC(=O)OCC(F)(F)F)Nc1cccc(COc2cccc(F)c2)c1. The molecule has 0 saturated heterocycles. The average molecular weight is 414 g/mol. The number of rotatable bonds is 8. The van der Waals surface area contributed by atoms with Crippen molar-refractivity contribution < 1.29 is 36.6 Å². The van der Waals surface area contributed by atoms with Gasteiger partial charge in [0.25, 0.3) is 0 Å². The van der Waals surface area contributed by atoms with Crippen molar-refractivity contribution in [1.82, 2.24) is 5.32 Å². The number of hydrogen-bond donors (Lipinski definition) is 2. The van der Waals surface area contributed by atoms with Crippen molar-refractivity contribution in [2.45, 2.75) is 19.2 Å². The predicted octanol–water partition coefficient (Wildman–Crippen LogP) is 4.02. The number of alkyl halides is 3. The number of halogens is 4. The molecule has 2 N–H and O–H groups in total. The summed E-state index contributed by atoms with van der Waals surface area (Å²) in [5.41, 5.74) is 1.19. The number of benzene rings is 2. The molecule has 2 aromatic carbocycles. The van der Waals surface area contributed by atoms with Crippen molar-refractivity contribution in [2.24, 2.45) is 0 Å². The van der Waals surface area contributed by atoms with E-state index >= 15 is 0 Å². The minimum atomic E-state index is -4.61. The third kappa shape index (κ3) is 8.96. The van der Waals surface area contributed by atoms with Crippen molar-refractivity contribution in [1.29, 1.82) is 0 Å². The van der Waals surface area contributed by atoms with Gasteiger partial charge in [-0.15, -0.1) is 0 Å². The Labute approximate surface area is 163 Å². The Bertz CT molecular complexity index is 843. The molecule has 0 bridgehead atoms. The number of anilines is 1. The molecule has 0 heterocycles. The molecule has 0 unspecified atom stereocenters. The summed E-state index contributed by atoms with van der Waals surface area (Å²) in [6, 6.07) is 12.4. The van der Waals surface area contributed by atoms with Crippen LogP contribution in [0.25, 0.3) is 0 Å². The van der Waals surface area contributed by atoms with Gasteiger partial charge in [-0.05, 0) is 29.8 Å². The fraction of sp³-hybridized carbons (Fsp3) is 0.263. The van der Waals surface area contributed by atoms with Crippen LogP contribution in [0.5, 0.6) is 5.75 Å². The van der Waals surface area contributed by atoms with Gasteiger partial charge in [0.15, 0.2) is 6.61 Å². The van der Waals surface area contributed by atoms with Crippen LogP contribution in [0.4, 0.5) is 28.0 Å². The molecule has 156 valence electrons. The third-order valence-electron chi connectivity index (χ3n) is 3.40. The molecule has 0 radical (unpaired) electrons. The van der Waals surface area contributed by atoms with E-state index < -0.39 is 30.6 Å². The molecule has 0 spiro atoms. The van der Waals surface area contributed by atoms with Crippen LogP contribution in [0.2, 0.25) is 0 Å². The van der Waals surface area contributed by atoms with E-state index in [2.05, 4.69) is 15.4 Å². The number of amides is 2. The molecule has 10 heteroatoms. The first-order valence-corrected chi connectivity index (χ1v) is 8.46. The zero-order valence-electron chi connectivity index (χ0n) is 15.1. The standard InChI is InChI=1S/C19H18F4N2O4/c20-14-4-2-6-16(10-14)28-11-13-3-1-5-15(9-13)25-17(26)7-8-24-18(27)29-12-19(21,22)23/h1-6,9-10H,7-8,11-12H2,(H,24,27)(H,25,26). The highest BCUT2D eigenvalue weighted by molar-refractivity contribution is 5.91. The highest BCUT2D eigenvalue weighted by Gasteiger charge is 2.29. The van der Waals surface area contributed by atoms with Crippen LogP contribution in [-0.4, -0.2) is 31.3 Å². The summed E-state index contributed by atoms with van der Waals surface area (Å²) >= 11 is 0. The molecule has 2 amide bonds. The van der Waals surface area contributed by atoms with Crippen LogP contribution >= 0.6 is 0 Å². The molecule has 0 fully saturated rings. The maximum absolute atomic E-state index is 13.1. The molecule has 0 atom stereocenters. The van der Waals surface area contributed by atoms with Crippen LogP contribution in [0, 0.1) is 5.82 Å². The lowest BCUT2D eigenvalue weighted by Crippen LogP contribution is -2.31. The number of alkyl carbamates (subject to hydrolysis) is 1. The monoisotopic (exact) mass is 414 g/mol. The van der Waals surface area contributed by atoms with Crippen LogP contribution in [0.1, 0.15) is 12.0 Å². The fourth-order valence-electron chi connectivity index (χ4n) is 2.16. The maximum Gasteiger partial charge on any atom is 0.422 e. The largest absolute Gasteiger partial charge is 0.489 e. The van der Waals surface area contributed by atoms with E-state index in [-0.39, 0.29) is 19.6 Å². The third-order valence-corrected chi connectivity index (χ3v) is 3.40. The smallest absolute Gasteiger partial charge is 0.422 e. The Balaban J connectivity index is 1.74. The summed E-state index contributed by atoms with van der Waals surface area (Å²) in [7, 11) is 0. The molecule has 29 heavy (non-hydrogen) atoms. The van der Waals surface area contributed by atoms with Gasteiger partial charge in [0.1, 0.15) is 18.2 Å². The molecule has 0 saturated carbocycles. The molecule has 2 aromatic rings. The quantitative estimate of drug-likeness (QED) is 0.640. The number of ether oxygens (including phenoxy) is 2. The summed E-state index contributed by atoms with van der Waals surface area (Å²) in [6.07, 6.45) is -6.03. The Morgan fingerprint density at radius 3 is 2.52 bits per heavy atom. The zero-order chi connectivity index (χ0) is 21.3. The van der Waals surface area contributed by atoms with Gasteiger partial charge in [-0.25, -0.2) is 9.18 Å². The number of carbonyl (C=O) groups is 2. The normalized spacial score (nSPS) is 10.9. The van der Waals surface area contributed by atoms with Crippen LogP contribution in [0.15, 0.2) is 48.5 Å². The predicted molar refractivity (Wildman–Crippen MR) is 95.8 cm³/mol. The van der Waals surface area contributed by atoms with Gasteiger partial charge in [0.05, 0.1) is 0 Å². The second-order valence-electron chi connectivity index (χ2n) is 5.86. The summed E-state index contributed by atoms with van der Waals surface area (Å²) < 4.78 is 58.3. The fourth-order valence-corrected chi connectivity index (χ4v) is 2.16.